The Labute approximate surface area is 171 Å². The van der Waals surface area contributed by atoms with Gasteiger partial charge in [-0.2, -0.15) is 0 Å². The maximum absolute atomic E-state index is 12.3. The molecule has 0 radical (unpaired) electrons. The topological polar surface area (TPSA) is 42.6 Å². The number of benzene rings is 2. The first-order valence-corrected chi connectivity index (χ1v) is 10.2. The van der Waals surface area contributed by atoms with E-state index >= 15 is 0 Å². The smallest absolute Gasteiger partial charge is 0.328 e. The quantitative estimate of drug-likeness (QED) is 0.667. The average molecular weight is 395 g/mol. The molecule has 3 aromatic rings. The normalized spacial score (nSPS) is 14.9. The third-order valence-corrected chi connectivity index (χ3v) is 5.95. The predicted molar refractivity (Wildman–Crippen MR) is 118 cm³/mol. The third-order valence-electron chi connectivity index (χ3n) is 5.95. The molecule has 1 aromatic heterocycles. The van der Waals surface area contributed by atoms with Crippen LogP contribution in [0, 0.1) is 6.92 Å². The Bertz CT molecular complexity index is 1080. The second-order valence-corrected chi connectivity index (χ2v) is 8.07. The van der Waals surface area contributed by atoms with E-state index in [4.69, 9.17) is 4.74 Å². The summed E-state index contributed by atoms with van der Waals surface area (Å²) in [6, 6.07) is 13.0. The van der Waals surface area contributed by atoms with Crippen LogP contribution in [0.25, 0.3) is 11.0 Å². The highest BCUT2D eigenvalue weighted by Crippen LogP contribution is 2.24. The number of nitrogens with zero attached hydrogens (tertiary/aromatic N) is 4. The summed E-state index contributed by atoms with van der Waals surface area (Å²) < 4.78 is 8.96. The van der Waals surface area contributed by atoms with Gasteiger partial charge in [0.05, 0.1) is 24.2 Å². The molecule has 1 aliphatic rings. The summed E-state index contributed by atoms with van der Waals surface area (Å²) in [4.78, 5) is 17.0. The Morgan fingerprint density at radius 2 is 1.59 bits per heavy atom. The lowest BCUT2D eigenvalue weighted by Crippen LogP contribution is -2.37. The fourth-order valence-electron chi connectivity index (χ4n) is 4.26. The Hall–Kier alpha value is -2.57. The van der Waals surface area contributed by atoms with Crippen LogP contribution >= 0.6 is 0 Å². The first-order chi connectivity index (χ1) is 14.0. The predicted octanol–water partition coefficient (Wildman–Crippen LogP) is 2.65. The highest BCUT2D eigenvalue weighted by atomic mass is 16.5. The van der Waals surface area contributed by atoms with Crippen molar-refractivity contribution in [3.05, 3.63) is 63.6 Å². The van der Waals surface area contributed by atoms with Crippen LogP contribution in [0.5, 0.6) is 0 Å². The summed E-state index contributed by atoms with van der Waals surface area (Å²) in [5, 5.41) is 0. The number of hydrogen-bond donors (Lipinski definition) is 0. The van der Waals surface area contributed by atoms with Gasteiger partial charge in [0, 0.05) is 46.0 Å². The molecule has 0 spiro atoms. The van der Waals surface area contributed by atoms with Crippen LogP contribution in [0.15, 0.2) is 41.2 Å². The molecule has 0 saturated carbocycles. The molecule has 1 saturated heterocycles. The van der Waals surface area contributed by atoms with Crippen LogP contribution in [0.1, 0.15) is 16.7 Å². The van der Waals surface area contributed by atoms with Crippen molar-refractivity contribution in [1.29, 1.82) is 0 Å². The summed E-state index contributed by atoms with van der Waals surface area (Å²) in [6.07, 6.45) is 0. The Balaban J connectivity index is 1.56. The highest BCUT2D eigenvalue weighted by molar-refractivity contribution is 5.78. The fourth-order valence-corrected chi connectivity index (χ4v) is 4.26. The molecule has 1 aliphatic heterocycles. The van der Waals surface area contributed by atoms with Gasteiger partial charge in [0.15, 0.2) is 0 Å². The summed E-state index contributed by atoms with van der Waals surface area (Å²) >= 11 is 0. The Morgan fingerprint density at radius 1 is 0.966 bits per heavy atom. The van der Waals surface area contributed by atoms with Crippen LogP contribution in [0.2, 0.25) is 0 Å². The van der Waals surface area contributed by atoms with Gasteiger partial charge in [-0.25, -0.2) is 4.79 Å². The molecule has 0 atom stereocenters. The minimum Gasteiger partial charge on any atom is -0.378 e. The lowest BCUT2D eigenvalue weighted by atomic mass is 10.1. The van der Waals surface area contributed by atoms with E-state index in [-0.39, 0.29) is 5.69 Å². The van der Waals surface area contributed by atoms with Crippen molar-refractivity contribution in [3.8, 4) is 0 Å². The monoisotopic (exact) mass is 394 g/mol. The molecule has 6 nitrogen and oxygen atoms in total. The van der Waals surface area contributed by atoms with Gasteiger partial charge in [-0.05, 0) is 48.9 Å². The zero-order valence-corrected chi connectivity index (χ0v) is 17.8. The second kappa shape index (κ2) is 8.05. The van der Waals surface area contributed by atoms with Crippen molar-refractivity contribution in [2.75, 3.05) is 38.3 Å². The highest BCUT2D eigenvalue weighted by Gasteiger charge is 2.16. The van der Waals surface area contributed by atoms with Crippen molar-refractivity contribution >= 4 is 16.7 Å². The van der Waals surface area contributed by atoms with Gasteiger partial charge >= 0.3 is 5.69 Å². The molecule has 0 aliphatic carbocycles. The van der Waals surface area contributed by atoms with E-state index in [1.807, 2.05) is 14.1 Å². The number of aromatic nitrogens is 2. The maximum atomic E-state index is 12.3. The molecular formula is C23H30N4O2. The molecule has 2 aromatic carbocycles. The van der Waals surface area contributed by atoms with Gasteiger partial charge in [0.2, 0.25) is 0 Å². The summed E-state index contributed by atoms with van der Waals surface area (Å²) in [7, 11) is 5.83. The van der Waals surface area contributed by atoms with Gasteiger partial charge < -0.3 is 9.64 Å². The lowest BCUT2D eigenvalue weighted by Gasteiger charge is -2.31. The number of ether oxygens (including phenoxy) is 1. The molecule has 0 amide bonds. The fraction of sp³-hybridized carbons (Fsp3) is 0.435. The maximum Gasteiger partial charge on any atom is 0.328 e. The number of imidazole rings is 1. The van der Waals surface area contributed by atoms with Gasteiger partial charge in [0.1, 0.15) is 0 Å². The zero-order valence-electron chi connectivity index (χ0n) is 17.8. The molecule has 2 heterocycles. The molecule has 0 N–H and O–H groups in total. The minimum atomic E-state index is 0.0179. The van der Waals surface area contributed by atoms with E-state index in [0.29, 0.717) is 0 Å². The van der Waals surface area contributed by atoms with Crippen LogP contribution in [0.3, 0.4) is 0 Å². The lowest BCUT2D eigenvalue weighted by molar-refractivity contribution is 0.122. The zero-order chi connectivity index (χ0) is 20.5. The number of fused-ring (bicyclic) bond motifs is 1. The molecule has 0 unspecified atom stereocenters. The Kier molecular flexibility index (Phi) is 5.48. The van der Waals surface area contributed by atoms with Crippen molar-refractivity contribution in [3.63, 3.8) is 0 Å². The number of para-hydroxylation sites is 1. The number of aryl methyl sites for hydroxylation is 3. The molecular weight excluding hydrogens is 364 g/mol. The number of morpholine rings is 1. The molecule has 1 fully saturated rings. The third kappa shape index (κ3) is 3.82. The van der Waals surface area contributed by atoms with Crippen LogP contribution in [-0.4, -0.2) is 47.4 Å². The molecule has 29 heavy (non-hydrogen) atoms. The molecule has 6 heteroatoms. The van der Waals surface area contributed by atoms with Crippen LogP contribution in [0.4, 0.5) is 5.69 Å². The van der Waals surface area contributed by atoms with Gasteiger partial charge in [-0.1, -0.05) is 18.2 Å². The standard InChI is InChI=1S/C23H30N4O2/c1-17-13-21-22(26(4)23(28)25(21)3)14-19(17)16-24(2)15-18-7-5-6-8-20(18)27-9-11-29-12-10-27/h5-8,13-14H,9-12,15-16H2,1-4H3. The summed E-state index contributed by atoms with van der Waals surface area (Å²) in [6.45, 7) is 7.30. The van der Waals surface area contributed by atoms with E-state index in [2.05, 4.69) is 60.2 Å². The molecule has 0 bridgehead atoms. The van der Waals surface area contributed by atoms with Crippen molar-refractivity contribution < 1.29 is 4.74 Å². The SMILES string of the molecule is Cc1cc2c(cc1CN(C)Cc1ccccc1N1CCOCC1)n(C)c(=O)n2C. The van der Waals surface area contributed by atoms with Crippen molar-refractivity contribution in [1.82, 2.24) is 14.0 Å². The van der Waals surface area contributed by atoms with Crippen LogP contribution < -0.4 is 10.6 Å². The summed E-state index contributed by atoms with van der Waals surface area (Å²) in [5.74, 6) is 0. The molecule has 154 valence electrons. The van der Waals surface area contributed by atoms with E-state index in [0.717, 1.165) is 50.4 Å². The number of rotatable bonds is 5. The van der Waals surface area contributed by atoms with E-state index in [1.165, 1.54) is 22.4 Å². The van der Waals surface area contributed by atoms with E-state index < -0.39 is 0 Å². The first kappa shape index (κ1) is 19.7. The first-order valence-electron chi connectivity index (χ1n) is 10.2. The number of hydrogen-bond acceptors (Lipinski definition) is 4. The molecule has 4 rings (SSSR count). The van der Waals surface area contributed by atoms with Gasteiger partial charge in [-0.3, -0.25) is 14.0 Å². The van der Waals surface area contributed by atoms with Crippen LogP contribution in [-0.2, 0) is 31.9 Å². The van der Waals surface area contributed by atoms with E-state index in [1.54, 1.807) is 9.13 Å². The van der Waals surface area contributed by atoms with Crippen molar-refractivity contribution in [2.24, 2.45) is 14.1 Å². The number of anilines is 1. The minimum absolute atomic E-state index is 0.0179. The van der Waals surface area contributed by atoms with Gasteiger partial charge in [0.25, 0.3) is 0 Å². The Morgan fingerprint density at radius 3 is 2.31 bits per heavy atom. The average Bonchev–Trinajstić information content (AvgIpc) is 2.93. The van der Waals surface area contributed by atoms with E-state index in [9.17, 15) is 4.79 Å². The second-order valence-electron chi connectivity index (χ2n) is 8.07. The van der Waals surface area contributed by atoms with Gasteiger partial charge in [-0.15, -0.1) is 0 Å². The summed E-state index contributed by atoms with van der Waals surface area (Å²) in [5.41, 5.74) is 7.10. The largest absolute Gasteiger partial charge is 0.378 e. The van der Waals surface area contributed by atoms with Crippen molar-refractivity contribution in [2.45, 2.75) is 20.0 Å².